The third kappa shape index (κ3) is 2.89. The average Bonchev–Trinajstić information content (AvgIpc) is 2.91. The summed E-state index contributed by atoms with van der Waals surface area (Å²) in [6, 6.07) is 18.2. The summed E-state index contributed by atoms with van der Waals surface area (Å²) >= 11 is 3.71. The van der Waals surface area contributed by atoms with Crippen molar-refractivity contribution in [1.82, 2.24) is 0 Å². The number of allylic oxidation sites excluding steroid dienone is 2. The molecule has 1 aliphatic carbocycles. The molecule has 1 atom stereocenters. The highest BCUT2D eigenvalue weighted by Crippen LogP contribution is 2.47. The lowest BCUT2D eigenvalue weighted by Crippen LogP contribution is -2.14. The SMILES string of the molecule is C=C(C(=O)OC)[C@H](C1=C(Br)Cc2ccccc21)c1ccccc1. The van der Waals surface area contributed by atoms with Gasteiger partial charge in [0.25, 0.3) is 0 Å². The van der Waals surface area contributed by atoms with Gasteiger partial charge in [-0.2, -0.15) is 0 Å². The molecule has 3 heteroatoms. The number of benzene rings is 2. The van der Waals surface area contributed by atoms with E-state index in [2.05, 4.69) is 34.6 Å². The van der Waals surface area contributed by atoms with Crippen molar-refractivity contribution in [2.24, 2.45) is 0 Å². The normalized spacial score (nSPS) is 14.3. The van der Waals surface area contributed by atoms with Crippen LogP contribution >= 0.6 is 15.9 Å². The van der Waals surface area contributed by atoms with Crippen LogP contribution in [-0.4, -0.2) is 13.1 Å². The fraction of sp³-hybridized carbons (Fsp3) is 0.150. The minimum atomic E-state index is -0.379. The first kappa shape index (κ1) is 15.8. The smallest absolute Gasteiger partial charge is 0.334 e. The van der Waals surface area contributed by atoms with Crippen LogP contribution in [0.2, 0.25) is 0 Å². The first-order valence-corrected chi connectivity index (χ1v) is 8.21. The predicted molar refractivity (Wildman–Crippen MR) is 96.3 cm³/mol. The van der Waals surface area contributed by atoms with Crippen LogP contribution in [0.15, 0.2) is 71.2 Å². The van der Waals surface area contributed by atoms with Crippen molar-refractivity contribution in [2.75, 3.05) is 7.11 Å². The Kier molecular flexibility index (Phi) is 4.49. The van der Waals surface area contributed by atoms with E-state index in [4.69, 9.17) is 4.74 Å². The van der Waals surface area contributed by atoms with E-state index in [0.717, 1.165) is 22.0 Å². The Morgan fingerprint density at radius 1 is 1.13 bits per heavy atom. The standard InChI is InChI=1S/C20H17BrO2/c1-13(20(22)23-2)18(14-8-4-3-5-9-14)19-16-11-7-6-10-15(16)12-17(19)21/h3-11,18H,1,12H2,2H3/t18-/m0/s1. The van der Waals surface area contributed by atoms with Crippen molar-refractivity contribution < 1.29 is 9.53 Å². The zero-order valence-electron chi connectivity index (χ0n) is 12.9. The molecule has 0 heterocycles. The van der Waals surface area contributed by atoms with E-state index in [-0.39, 0.29) is 11.9 Å². The molecule has 0 saturated carbocycles. The monoisotopic (exact) mass is 368 g/mol. The third-order valence-electron chi connectivity index (χ3n) is 4.16. The van der Waals surface area contributed by atoms with Gasteiger partial charge in [-0.05, 0) is 22.3 Å². The van der Waals surface area contributed by atoms with Crippen LogP contribution < -0.4 is 0 Å². The van der Waals surface area contributed by atoms with Crippen LogP contribution in [0.1, 0.15) is 22.6 Å². The molecule has 0 aliphatic heterocycles. The Morgan fingerprint density at radius 2 is 1.78 bits per heavy atom. The lowest BCUT2D eigenvalue weighted by Gasteiger charge is -2.22. The summed E-state index contributed by atoms with van der Waals surface area (Å²) in [5.74, 6) is -0.599. The van der Waals surface area contributed by atoms with Gasteiger partial charge in [-0.25, -0.2) is 4.79 Å². The van der Waals surface area contributed by atoms with E-state index >= 15 is 0 Å². The second-order valence-electron chi connectivity index (χ2n) is 5.51. The first-order chi connectivity index (χ1) is 11.1. The quantitative estimate of drug-likeness (QED) is 0.568. The van der Waals surface area contributed by atoms with Gasteiger partial charge < -0.3 is 4.74 Å². The van der Waals surface area contributed by atoms with E-state index in [9.17, 15) is 4.79 Å². The molecular formula is C20H17BrO2. The molecular weight excluding hydrogens is 352 g/mol. The molecule has 0 N–H and O–H groups in total. The van der Waals surface area contributed by atoms with Crippen LogP contribution in [0.5, 0.6) is 0 Å². The molecule has 0 aromatic heterocycles. The highest BCUT2D eigenvalue weighted by atomic mass is 79.9. The van der Waals surface area contributed by atoms with E-state index < -0.39 is 0 Å². The minimum absolute atomic E-state index is 0.221. The summed E-state index contributed by atoms with van der Waals surface area (Å²) in [5, 5.41) is 0. The lowest BCUT2D eigenvalue weighted by atomic mass is 9.83. The van der Waals surface area contributed by atoms with E-state index in [0.29, 0.717) is 5.57 Å². The highest BCUT2D eigenvalue weighted by molar-refractivity contribution is 9.11. The summed E-state index contributed by atoms with van der Waals surface area (Å²) in [6.07, 6.45) is 0.837. The molecule has 0 spiro atoms. The number of hydrogen-bond donors (Lipinski definition) is 0. The van der Waals surface area contributed by atoms with Crippen LogP contribution in [0.25, 0.3) is 5.57 Å². The number of fused-ring (bicyclic) bond motifs is 1. The van der Waals surface area contributed by atoms with Gasteiger partial charge in [0.1, 0.15) is 0 Å². The van der Waals surface area contributed by atoms with Gasteiger partial charge in [-0.3, -0.25) is 0 Å². The second-order valence-corrected chi connectivity index (χ2v) is 6.47. The summed E-state index contributed by atoms with van der Waals surface area (Å²) in [6.45, 7) is 4.02. The molecule has 1 aliphatic rings. The molecule has 116 valence electrons. The maximum absolute atomic E-state index is 12.1. The summed E-state index contributed by atoms with van der Waals surface area (Å²) < 4.78 is 6.02. The predicted octanol–water partition coefficient (Wildman–Crippen LogP) is 4.86. The van der Waals surface area contributed by atoms with Crippen LogP contribution in [0.3, 0.4) is 0 Å². The largest absolute Gasteiger partial charge is 0.466 e. The first-order valence-electron chi connectivity index (χ1n) is 7.42. The maximum Gasteiger partial charge on any atom is 0.334 e. The Balaban J connectivity index is 2.15. The molecule has 0 amide bonds. The molecule has 0 saturated heterocycles. The molecule has 23 heavy (non-hydrogen) atoms. The van der Waals surface area contributed by atoms with Crippen molar-refractivity contribution >= 4 is 27.5 Å². The van der Waals surface area contributed by atoms with Crippen LogP contribution in [-0.2, 0) is 16.0 Å². The highest BCUT2D eigenvalue weighted by Gasteiger charge is 2.32. The van der Waals surface area contributed by atoms with Gasteiger partial charge in [-0.15, -0.1) is 0 Å². The van der Waals surface area contributed by atoms with Crippen molar-refractivity contribution in [2.45, 2.75) is 12.3 Å². The Morgan fingerprint density at radius 3 is 2.48 bits per heavy atom. The molecule has 2 aromatic carbocycles. The number of ether oxygens (including phenoxy) is 1. The number of hydrogen-bond acceptors (Lipinski definition) is 2. The van der Waals surface area contributed by atoms with E-state index in [1.807, 2.05) is 42.5 Å². The van der Waals surface area contributed by atoms with Gasteiger partial charge in [0.15, 0.2) is 0 Å². The Bertz CT molecular complexity index is 790. The zero-order chi connectivity index (χ0) is 16.4. The third-order valence-corrected chi connectivity index (χ3v) is 4.87. The number of halogens is 1. The summed E-state index contributed by atoms with van der Waals surface area (Å²) in [5.41, 5.74) is 5.00. The second kappa shape index (κ2) is 6.55. The molecule has 3 rings (SSSR count). The van der Waals surface area contributed by atoms with Crippen LogP contribution in [0.4, 0.5) is 0 Å². The number of carbonyl (C=O) groups is 1. The van der Waals surface area contributed by atoms with Crippen molar-refractivity contribution in [3.8, 4) is 0 Å². The number of carbonyl (C=O) groups excluding carboxylic acids is 1. The lowest BCUT2D eigenvalue weighted by molar-refractivity contribution is -0.136. The fourth-order valence-electron chi connectivity index (χ4n) is 3.09. The van der Waals surface area contributed by atoms with E-state index in [1.54, 1.807) is 0 Å². The topological polar surface area (TPSA) is 26.3 Å². The zero-order valence-corrected chi connectivity index (χ0v) is 14.5. The molecule has 2 aromatic rings. The van der Waals surface area contributed by atoms with Gasteiger partial charge in [0, 0.05) is 22.4 Å². The minimum Gasteiger partial charge on any atom is -0.466 e. The van der Waals surface area contributed by atoms with Gasteiger partial charge in [0.2, 0.25) is 0 Å². The van der Waals surface area contributed by atoms with Crippen molar-refractivity contribution in [3.05, 3.63) is 87.9 Å². The van der Waals surface area contributed by atoms with Gasteiger partial charge >= 0.3 is 5.97 Å². The maximum atomic E-state index is 12.1. The molecule has 0 radical (unpaired) electrons. The van der Waals surface area contributed by atoms with Gasteiger partial charge in [-0.1, -0.05) is 77.1 Å². The molecule has 0 unspecified atom stereocenters. The van der Waals surface area contributed by atoms with E-state index in [1.165, 1.54) is 18.2 Å². The molecule has 0 fully saturated rings. The van der Waals surface area contributed by atoms with Gasteiger partial charge in [0.05, 0.1) is 7.11 Å². The number of rotatable bonds is 4. The summed E-state index contributed by atoms with van der Waals surface area (Å²) in [7, 11) is 1.39. The number of esters is 1. The Hall–Kier alpha value is -2.13. The Labute approximate surface area is 144 Å². The average molecular weight is 369 g/mol. The van der Waals surface area contributed by atoms with Crippen molar-refractivity contribution in [1.29, 1.82) is 0 Å². The summed E-state index contributed by atoms with van der Waals surface area (Å²) in [4.78, 5) is 12.1. The molecule has 2 nitrogen and oxygen atoms in total. The fourth-order valence-corrected chi connectivity index (χ4v) is 3.84. The number of methoxy groups -OCH3 is 1. The van der Waals surface area contributed by atoms with Crippen molar-refractivity contribution in [3.63, 3.8) is 0 Å². The van der Waals surface area contributed by atoms with Crippen LogP contribution in [0, 0.1) is 0 Å². The molecule has 0 bridgehead atoms.